The number of carboxylic acid groups (broad SMARTS) is 1. The topological polar surface area (TPSA) is 85.7 Å². The van der Waals surface area contributed by atoms with Gasteiger partial charge in [-0.2, -0.15) is 0 Å². The van der Waals surface area contributed by atoms with E-state index < -0.39 is 5.97 Å². The third kappa shape index (κ3) is 2.88. The molecule has 0 saturated carbocycles. The van der Waals surface area contributed by atoms with Crippen LogP contribution in [0, 0.1) is 0 Å². The van der Waals surface area contributed by atoms with Crippen LogP contribution in [-0.2, 0) is 4.79 Å². The molecule has 2 aromatic rings. The van der Waals surface area contributed by atoms with Crippen molar-refractivity contribution in [2.45, 2.75) is 18.8 Å². The van der Waals surface area contributed by atoms with Gasteiger partial charge < -0.3 is 20.0 Å². The second kappa shape index (κ2) is 5.75. The minimum atomic E-state index is -0.816. The smallest absolute Gasteiger partial charge is 0.303 e. The summed E-state index contributed by atoms with van der Waals surface area (Å²) in [6.07, 6.45) is 2.25. The number of methoxy groups -OCH3 is 1. The standard InChI is InChI=1S/C14H17NO4/c1-18-10-3-4-13-11(6-10)12(8-19-13)9(7-15)2-5-14(16)17/h3-4,6,8-9H,2,5,7,15H2,1H3,(H,16,17). The Labute approximate surface area is 111 Å². The Morgan fingerprint density at radius 1 is 1.53 bits per heavy atom. The number of aliphatic carboxylic acids is 1. The van der Waals surface area contributed by atoms with Crippen molar-refractivity contribution in [3.8, 4) is 5.75 Å². The highest BCUT2D eigenvalue weighted by Crippen LogP contribution is 2.32. The molecule has 0 spiro atoms. The molecule has 0 amide bonds. The Bertz CT molecular complexity index is 576. The fourth-order valence-electron chi connectivity index (χ4n) is 2.17. The molecule has 0 saturated heterocycles. The van der Waals surface area contributed by atoms with Crippen LogP contribution in [-0.4, -0.2) is 24.7 Å². The SMILES string of the molecule is COc1ccc2occ(C(CN)CCC(=O)O)c2c1. The minimum absolute atomic E-state index is 0.0237. The van der Waals surface area contributed by atoms with Crippen molar-refractivity contribution < 1.29 is 19.1 Å². The van der Waals surface area contributed by atoms with Crippen LogP contribution < -0.4 is 10.5 Å². The van der Waals surface area contributed by atoms with E-state index in [1.54, 1.807) is 13.4 Å². The average Bonchev–Trinajstić information content (AvgIpc) is 2.82. The van der Waals surface area contributed by atoms with Crippen molar-refractivity contribution >= 4 is 16.9 Å². The summed E-state index contributed by atoms with van der Waals surface area (Å²) >= 11 is 0. The summed E-state index contributed by atoms with van der Waals surface area (Å²) in [5, 5.41) is 9.70. The van der Waals surface area contributed by atoms with E-state index in [-0.39, 0.29) is 12.3 Å². The van der Waals surface area contributed by atoms with Gasteiger partial charge in [0.25, 0.3) is 0 Å². The van der Waals surface area contributed by atoms with Gasteiger partial charge in [-0.05, 0) is 31.2 Å². The van der Waals surface area contributed by atoms with Crippen LogP contribution in [0.15, 0.2) is 28.9 Å². The second-order valence-corrected chi connectivity index (χ2v) is 4.42. The number of furan rings is 1. The van der Waals surface area contributed by atoms with Crippen molar-refractivity contribution in [1.82, 2.24) is 0 Å². The number of ether oxygens (including phenoxy) is 1. The molecule has 0 bridgehead atoms. The largest absolute Gasteiger partial charge is 0.497 e. The van der Waals surface area contributed by atoms with Crippen LogP contribution in [0.2, 0.25) is 0 Å². The minimum Gasteiger partial charge on any atom is -0.497 e. The Kier molecular flexibility index (Phi) is 4.06. The van der Waals surface area contributed by atoms with Gasteiger partial charge in [-0.1, -0.05) is 0 Å². The number of hydrogen-bond acceptors (Lipinski definition) is 4. The summed E-state index contributed by atoms with van der Waals surface area (Å²) in [5.74, 6) is -0.0996. The predicted molar refractivity (Wildman–Crippen MR) is 71.4 cm³/mol. The molecule has 5 heteroatoms. The maximum atomic E-state index is 10.7. The quantitative estimate of drug-likeness (QED) is 0.835. The zero-order chi connectivity index (χ0) is 13.8. The van der Waals surface area contributed by atoms with Crippen molar-refractivity contribution in [3.63, 3.8) is 0 Å². The lowest BCUT2D eigenvalue weighted by Crippen LogP contribution is -2.13. The van der Waals surface area contributed by atoms with Crippen molar-refractivity contribution in [1.29, 1.82) is 0 Å². The van der Waals surface area contributed by atoms with E-state index in [1.807, 2.05) is 18.2 Å². The highest BCUT2D eigenvalue weighted by molar-refractivity contribution is 5.83. The maximum absolute atomic E-state index is 10.7. The van der Waals surface area contributed by atoms with E-state index in [2.05, 4.69) is 0 Å². The monoisotopic (exact) mass is 263 g/mol. The van der Waals surface area contributed by atoms with Crippen molar-refractivity contribution in [2.75, 3.05) is 13.7 Å². The Balaban J connectivity index is 2.33. The van der Waals surface area contributed by atoms with Crippen molar-refractivity contribution in [3.05, 3.63) is 30.0 Å². The van der Waals surface area contributed by atoms with E-state index in [4.69, 9.17) is 20.0 Å². The zero-order valence-electron chi connectivity index (χ0n) is 10.8. The molecule has 5 nitrogen and oxygen atoms in total. The van der Waals surface area contributed by atoms with Gasteiger partial charge in [-0.25, -0.2) is 0 Å². The summed E-state index contributed by atoms with van der Waals surface area (Å²) in [7, 11) is 1.60. The first-order chi connectivity index (χ1) is 9.15. The molecule has 0 radical (unpaired) electrons. The highest BCUT2D eigenvalue weighted by atomic mass is 16.5. The molecule has 1 aromatic carbocycles. The second-order valence-electron chi connectivity index (χ2n) is 4.42. The first-order valence-corrected chi connectivity index (χ1v) is 6.12. The molecular formula is C14H17NO4. The lowest BCUT2D eigenvalue weighted by molar-refractivity contribution is -0.137. The van der Waals surface area contributed by atoms with E-state index in [1.165, 1.54) is 0 Å². The molecule has 1 atom stereocenters. The van der Waals surface area contributed by atoms with Gasteiger partial charge in [0.05, 0.1) is 13.4 Å². The Morgan fingerprint density at radius 3 is 2.95 bits per heavy atom. The fourth-order valence-corrected chi connectivity index (χ4v) is 2.17. The number of hydrogen-bond donors (Lipinski definition) is 2. The van der Waals surface area contributed by atoms with Crippen LogP contribution in [0.3, 0.4) is 0 Å². The Morgan fingerprint density at radius 2 is 2.32 bits per heavy atom. The average molecular weight is 263 g/mol. The number of carbonyl (C=O) groups is 1. The van der Waals surface area contributed by atoms with E-state index in [9.17, 15) is 4.79 Å². The lowest BCUT2D eigenvalue weighted by Gasteiger charge is -2.12. The molecular weight excluding hydrogens is 246 g/mol. The predicted octanol–water partition coefficient (Wildman–Crippen LogP) is 2.35. The molecule has 0 aliphatic carbocycles. The molecule has 102 valence electrons. The van der Waals surface area contributed by atoms with Crippen LogP contribution in [0.4, 0.5) is 0 Å². The van der Waals surface area contributed by atoms with Crippen LogP contribution in [0.25, 0.3) is 11.0 Å². The molecule has 1 aromatic heterocycles. The Hall–Kier alpha value is -2.01. The van der Waals surface area contributed by atoms with Gasteiger partial charge in [0, 0.05) is 23.3 Å². The summed E-state index contributed by atoms with van der Waals surface area (Å²) < 4.78 is 10.7. The lowest BCUT2D eigenvalue weighted by atomic mass is 9.94. The van der Waals surface area contributed by atoms with E-state index >= 15 is 0 Å². The maximum Gasteiger partial charge on any atom is 0.303 e. The van der Waals surface area contributed by atoms with Gasteiger partial charge in [0.1, 0.15) is 11.3 Å². The molecule has 0 fully saturated rings. The van der Waals surface area contributed by atoms with Crippen LogP contribution in [0.1, 0.15) is 24.3 Å². The molecule has 1 unspecified atom stereocenters. The number of nitrogens with two attached hydrogens (primary N) is 1. The fraction of sp³-hybridized carbons (Fsp3) is 0.357. The van der Waals surface area contributed by atoms with Gasteiger partial charge in [0.15, 0.2) is 0 Å². The third-order valence-corrected chi connectivity index (χ3v) is 3.24. The van der Waals surface area contributed by atoms with Crippen molar-refractivity contribution in [2.24, 2.45) is 5.73 Å². The molecule has 0 aliphatic heterocycles. The molecule has 2 rings (SSSR count). The normalized spacial score (nSPS) is 12.5. The van der Waals surface area contributed by atoms with Gasteiger partial charge in [-0.15, -0.1) is 0 Å². The third-order valence-electron chi connectivity index (χ3n) is 3.24. The molecule has 1 heterocycles. The molecule has 3 N–H and O–H groups in total. The number of fused-ring (bicyclic) bond motifs is 1. The van der Waals surface area contributed by atoms with E-state index in [0.29, 0.717) is 13.0 Å². The van der Waals surface area contributed by atoms with E-state index in [0.717, 1.165) is 22.3 Å². The molecule has 0 aliphatic rings. The number of carboxylic acids is 1. The summed E-state index contributed by atoms with van der Waals surface area (Å²) in [5.41, 5.74) is 7.44. The zero-order valence-corrected chi connectivity index (χ0v) is 10.8. The number of rotatable bonds is 6. The van der Waals surface area contributed by atoms with Gasteiger partial charge >= 0.3 is 5.97 Å². The van der Waals surface area contributed by atoms with Crippen LogP contribution >= 0.6 is 0 Å². The highest BCUT2D eigenvalue weighted by Gasteiger charge is 2.17. The first kappa shape index (κ1) is 13.4. The summed E-state index contributed by atoms with van der Waals surface area (Å²) in [4.78, 5) is 10.7. The summed E-state index contributed by atoms with van der Waals surface area (Å²) in [6, 6.07) is 5.55. The van der Waals surface area contributed by atoms with Gasteiger partial charge in [-0.3, -0.25) is 4.79 Å². The number of benzene rings is 1. The first-order valence-electron chi connectivity index (χ1n) is 6.12. The summed E-state index contributed by atoms with van der Waals surface area (Å²) in [6.45, 7) is 0.388. The van der Waals surface area contributed by atoms with Crippen LogP contribution in [0.5, 0.6) is 5.75 Å². The van der Waals surface area contributed by atoms with Gasteiger partial charge in [0.2, 0.25) is 0 Å². The molecule has 19 heavy (non-hydrogen) atoms.